The van der Waals surface area contributed by atoms with Gasteiger partial charge in [0.1, 0.15) is 0 Å². The van der Waals surface area contributed by atoms with E-state index in [0.29, 0.717) is 12.8 Å². The molecule has 3 nitrogen and oxygen atoms in total. The summed E-state index contributed by atoms with van der Waals surface area (Å²) in [7, 11) is 0. The highest BCUT2D eigenvalue weighted by atomic mass is 16.3. The predicted octanol–water partition coefficient (Wildman–Crippen LogP) is 2.69. The van der Waals surface area contributed by atoms with Crippen molar-refractivity contribution in [1.29, 1.82) is 0 Å². The summed E-state index contributed by atoms with van der Waals surface area (Å²) >= 11 is 0. The molecule has 0 spiro atoms. The minimum Gasteiger partial charge on any atom is -0.393 e. The number of likely N-dealkylation sites (tertiary alicyclic amines) is 1. The molecule has 0 saturated carbocycles. The molecule has 0 bridgehead atoms. The van der Waals surface area contributed by atoms with Crippen LogP contribution in [0.3, 0.4) is 0 Å². The summed E-state index contributed by atoms with van der Waals surface area (Å²) in [5.41, 5.74) is 2.29. The summed E-state index contributed by atoms with van der Waals surface area (Å²) in [4.78, 5) is 14.5. The summed E-state index contributed by atoms with van der Waals surface area (Å²) in [5, 5.41) is 9.59. The highest BCUT2D eigenvalue weighted by molar-refractivity contribution is 5.79. The van der Waals surface area contributed by atoms with Crippen LogP contribution in [0, 0.1) is 6.92 Å². The first-order valence-corrected chi connectivity index (χ1v) is 7.59. The lowest BCUT2D eigenvalue weighted by Gasteiger charge is -2.36. The zero-order valence-electron chi connectivity index (χ0n) is 12.5. The maximum atomic E-state index is 12.5. The van der Waals surface area contributed by atoms with Gasteiger partial charge in [0.25, 0.3) is 0 Å². The highest BCUT2D eigenvalue weighted by Gasteiger charge is 2.27. The van der Waals surface area contributed by atoms with Crippen LogP contribution in [0.1, 0.15) is 43.7 Å². The number of aliphatic hydroxyl groups is 1. The topological polar surface area (TPSA) is 40.5 Å². The van der Waals surface area contributed by atoms with Crippen LogP contribution in [0.2, 0.25) is 0 Å². The SMILES string of the molecule is Cc1ccc(CC(=O)N2CCCCC2CC(C)O)cc1. The molecule has 2 atom stereocenters. The van der Waals surface area contributed by atoms with E-state index < -0.39 is 0 Å². The molecular formula is C17H25NO2. The smallest absolute Gasteiger partial charge is 0.227 e. The Labute approximate surface area is 121 Å². The second-order valence-electron chi connectivity index (χ2n) is 5.98. The van der Waals surface area contributed by atoms with E-state index in [0.717, 1.165) is 31.4 Å². The van der Waals surface area contributed by atoms with Crippen molar-refractivity contribution in [1.82, 2.24) is 4.90 Å². The van der Waals surface area contributed by atoms with Gasteiger partial charge in [-0.3, -0.25) is 4.79 Å². The third kappa shape index (κ3) is 4.07. The zero-order chi connectivity index (χ0) is 14.5. The molecule has 1 amide bonds. The minimum atomic E-state index is -0.340. The van der Waals surface area contributed by atoms with Crippen molar-refractivity contribution in [3.63, 3.8) is 0 Å². The van der Waals surface area contributed by atoms with Gasteiger partial charge < -0.3 is 10.0 Å². The largest absolute Gasteiger partial charge is 0.393 e. The van der Waals surface area contributed by atoms with Gasteiger partial charge in [0.15, 0.2) is 0 Å². The number of carbonyl (C=O) groups excluding carboxylic acids is 1. The summed E-state index contributed by atoms with van der Waals surface area (Å²) in [6.45, 7) is 4.69. The molecule has 1 saturated heterocycles. The van der Waals surface area contributed by atoms with E-state index in [4.69, 9.17) is 0 Å². The van der Waals surface area contributed by atoms with Gasteiger partial charge >= 0.3 is 0 Å². The molecule has 2 unspecified atom stereocenters. The van der Waals surface area contributed by atoms with Crippen molar-refractivity contribution in [2.24, 2.45) is 0 Å². The van der Waals surface area contributed by atoms with E-state index >= 15 is 0 Å². The monoisotopic (exact) mass is 275 g/mol. The molecule has 0 aliphatic carbocycles. The zero-order valence-corrected chi connectivity index (χ0v) is 12.5. The van der Waals surface area contributed by atoms with E-state index in [9.17, 15) is 9.90 Å². The minimum absolute atomic E-state index is 0.194. The van der Waals surface area contributed by atoms with Gasteiger partial charge in [-0.25, -0.2) is 0 Å². The van der Waals surface area contributed by atoms with Crippen LogP contribution >= 0.6 is 0 Å². The number of aryl methyl sites for hydroxylation is 1. The van der Waals surface area contributed by atoms with Gasteiger partial charge in [0.2, 0.25) is 5.91 Å². The number of hydrogen-bond acceptors (Lipinski definition) is 2. The van der Waals surface area contributed by atoms with E-state index in [1.165, 1.54) is 5.56 Å². The van der Waals surface area contributed by atoms with Crippen LogP contribution in [-0.2, 0) is 11.2 Å². The number of carbonyl (C=O) groups is 1. The van der Waals surface area contributed by atoms with Gasteiger partial charge in [0, 0.05) is 12.6 Å². The molecule has 1 aromatic rings. The van der Waals surface area contributed by atoms with Gasteiger partial charge in [-0.05, 0) is 45.1 Å². The highest BCUT2D eigenvalue weighted by Crippen LogP contribution is 2.22. The van der Waals surface area contributed by atoms with E-state index in [2.05, 4.69) is 6.92 Å². The number of hydrogen-bond donors (Lipinski definition) is 1. The molecule has 0 aromatic heterocycles. The Morgan fingerprint density at radius 2 is 2.05 bits per heavy atom. The van der Waals surface area contributed by atoms with E-state index in [1.807, 2.05) is 29.2 Å². The average molecular weight is 275 g/mol. The van der Waals surface area contributed by atoms with Crippen LogP contribution in [0.15, 0.2) is 24.3 Å². The molecule has 1 fully saturated rings. The lowest BCUT2D eigenvalue weighted by atomic mass is 9.96. The molecule has 3 heteroatoms. The quantitative estimate of drug-likeness (QED) is 0.918. The number of aliphatic hydroxyl groups excluding tert-OH is 1. The van der Waals surface area contributed by atoms with Gasteiger partial charge in [0.05, 0.1) is 12.5 Å². The number of amides is 1. The van der Waals surface area contributed by atoms with Crippen LogP contribution in [0.5, 0.6) is 0 Å². The van der Waals surface area contributed by atoms with Crippen molar-refractivity contribution in [3.8, 4) is 0 Å². The number of nitrogens with zero attached hydrogens (tertiary/aromatic N) is 1. The normalized spacial score (nSPS) is 20.8. The molecule has 1 aromatic carbocycles. The molecular weight excluding hydrogens is 250 g/mol. The standard InChI is InChI=1S/C17H25NO2/c1-13-6-8-15(9-7-13)12-17(20)18-10-4-3-5-16(18)11-14(2)19/h6-9,14,16,19H,3-5,10-12H2,1-2H3. The third-order valence-corrected chi connectivity index (χ3v) is 4.04. The lowest BCUT2D eigenvalue weighted by molar-refractivity contribution is -0.134. The second kappa shape index (κ2) is 6.89. The Balaban J connectivity index is 2.00. The Hall–Kier alpha value is -1.35. The van der Waals surface area contributed by atoms with Gasteiger partial charge in [-0.2, -0.15) is 0 Å². The number of piperidine rings is 1. The fourth-order valence-electron chi connectivity index (χ4n) is 2.95. The van der Waals surface area contributed by atoms with Crippen molar-refractivity contribution >= 4 is 5.91 Å². The third-order valence-electron chi connectivity index (χ3n) is 4.04. The Kier molecular flexibility index (Phi) is 5.18. The predicted molar refractivity (Wildman–Crippen MR) is 80.5 cm³/mol. The van der Waals surface area contributed by atoms with Crippen molar-refractivity contribution in [3.05, 3.63) is 35.4 Å². The van der Waals surface area contributed by atoms with E-state index in [1.54, 1.807) is 6.92 Å². The lowest BCUT2D eigenvalue weighted by Crippen LogP contribution is -2.45. The molecule has 110 valence electrons. The Morgan fingerprint density at radius 3 is 2.70 bits per heavy atom. The van der Waals surface area contributed by atoms with Gasteiger partial charge in [-0.15, -0.1) is 0 Å². The summed E-state index contributed by atoms with van der Waals surface area (Å²) in [6.07, 6.45) is 4.08. The molecule has 1 N–H and O–H groups in total. The number of benzene rings is 1. The van der Waals surface area contributed by atoms with Crippen LogP contribution in [0.4, 0.5) is 0 Å². The summed E-state index contributed by atoms with van der Waals surface area (Å²) < 4.78 is 0. The van der Waals surface area contributed by atoms with Gasteiger partial charge in [-0.1, -0.05) is 29.8 Å². The summed E-state index contributed by atoms with van der Waals surface area (Å²) in [5.74, 6) is 0.194. The van der Waals surface area contributed by atoms with E-state index in [-0.39, 0.29) is 18.1 Å². The number of rotatable bonds is 4. The van der Waals surface area contributed by atoms with Crippen molar-refractivity contribution in [2.45, 2.75) is 58.1 Å². The first-order valence-electron chi connectivity index (χ1n) is 7.59. The molecule has 20 heavy (non-hydrogen) atoms. The van der Waals surface area contributed by atoms with Crippen molar-refractivity contribution < 1.29 is 9.90 Å². The van der Waals surface area contributed by atoms with Crippen LogP contribution in [0.25, 0.3) is 0 Å². The van der Waals surface area contributed by atoms with Crippen LogP contribution < -0.4 is 0 Å². The molecule has 1 heterocycles. The van der Waals surface area contributed by atoms with Crippen LogP contribution in [-0.4, -0.2) is 34.6 Å². The fraction of sp³-hybridized carbons (Fsp3) is 0.588. The maximum absolute atomic E-state index is 12.5. The molecule has 2 rings (SSSR count). The molecule has 0 radical (unpaired) electrons. The first-order chi connectivity index (χ1) is 9.56. The Bertz CT molecular complexity index is 439. The molecule has 1 aliphatic heterocycles. The van der Waals surface area contributed by atoms with Crippen molar-refractivity contribution in [2.75, 3.05) is 6.54 Å². The second-order valence-corrected chi connectivity index (χ2v) is 5.98. The summed E-state index contributed by atoms with van der Waals surface area (Å²) in [6, 6.07) is 8.36. The average Bonchev–Trinajstić information content (AvgIpc) is 2.41. The Morgan fingerprint density at radius 1 is 1.35 bits per heavy atom. The maximum Gasteiger partial charge on any atom is 0.227 e. The fourth-order valence-corrected chi connectivity index (χ4v) is 2.95. The first kappa shape index (κ1) is 15.0. The molecule has 1 aliphatic rings.